The molecule has 2 rings (SSSR count). The first-order valence-corrected chi connectivity index (χ1v) is 7.92. The second kappa shape index (κ2) is 6.49. The average molecular weight is 338 g/mol. The Morgan fingerprint density at radius 3 is 2.41 bits per heavy atom. The van der Waals surface area contributed by atoms with E-state index in [2.05, 4.69) is 46.6 Å². The van der Waals surface area contributed by atoms with Crippen molar-refractivity contribution in [2.75, 3.05) is 7.11 Å². The van der Waals surface area contributed by atoms with Gasteiger partial charge in [-0.3, -0.25) is 0 Å². The fraction of sp³-hybridized carbons (Fsp3) is 0.0667. The quantitative estimate of drug-likeness (QED) is 0.779. The van der Waals surface area contributed by atoms with Gasteiger partial charge in [0.05, 0.1) is 0 Å². The van der Waals surface area contributed by atoms with Gasteiger partial charge in [0.25, 0.3) is 0 Å². The summed E-state index contributed by atoms with van der Waals surface area (Å²) < 4.78 is 9.05. The summed E-state index contributed by atoms with van der Waals surface area (Å²) in [6.07, 6.45) is 2.16. The molecule has 0 amide bonds. The van der Waals surface area contributed by atoms with E-state index >= 15 is 0 Å². The van der Waals surface area contributed by atoms with Gasteiger partial charge in [-0.2, -0.15) is 0 Å². The van der Waals surface area contributed by atoms with Crippen LogP contribution < -0.4 is 8.35 Å². The van der Waals surface area contributed by atoms with E-state index in [0.717, 1.165) is 11.3 Å². The fourth-order valence-electron chi connectivity index (χ4n) is 1.49. The summed E-state index contributed by atoms with van der Waals surface area (Å²) in [4.78, 5) is 0. The first-order chi connectivity index (χ1) is 8.40. The molecule has 2 aromatic carbocycles. The van der Waals surface area contributed by atoms with Gasteiger partial charge < -0.3 is 0 Å². The van der Waals surface area contributed by atoms with Crippen molar-refractivity contribution in [1.82, 2.24) is 0 Å². The summed E-state index contributed by atoms with van der Waals surface area (Å²) in [6.45, 7) is 0. The average Bonchev–Trinajstić information content (AvgIpc) is 2.40. The zero-order valence-electron chi connectivity index (χ0n) is 9.67. The van der Waals surface area contributed by atoms with E-state index in [4.69, 9.17) is 4.74 Å². The van der Waals surface area contributed by atoms with Crippen molar-refractivity contribution in [1.29, 1.82) is 0 Å². The van der Waals surface area contributed by atoms with Crippen LogP contribution in [0.15, 0.2) is 58.7 Å². The molecule has 0 radical (unpaired) electrons. The molecule has 0 spiro atoms. The van der Waals surface area contributed by atoms with E-state index in [1.54, 1.807) is 7.11 Å². The molecule has 0 bridgehead atoms. The van der Waals surface area contributed by atoms with E-state index in [-0.39, 0.29) is 20.9 Å². The molecule has 0 aliphatic heterocycles. The van der Waals surface area contributed by atoms with Gasteiger partial charge in [-0.05, 0) is 0 Å². The van der Waals surface area contributed by atoms with Crippen molar-refractivity contribution in [3.8, 4) is 5.75 Å². The monoisotopic (exact) mass is 340 g/mol. The fourth-order valence-corrected chi connectivity index (χ4v) is 3.45. The summed E-state index contributed by atoms with van der Waals surface area (Å²) in [5, 5.41) is 0. The summed E-state index contributed by atoms with van der Waals surface area (Å²) in [6, 6.07) is 18.7. The SMILES string of the molecule is COc1ccccc1/C=C/[Te]c1ccccc1. The molecule has 0 aromatic heterocycles. The molecule has 0 atom stereocenters. The number of hydrogen-bond donors (Lipinski definition) is 0. The van der Waals surface area contributed by atoms with Crippen LogP contribution in [0.1, 0.15) is 5.56 Å². The van der Waals surface area contributed by atoms with E-state index in [1.807, 2.05) is 18.2 Å². The van der Waals surface area contributed by atoms with Crippen molar-refractivity contribution in [3.63, 3.8) is 0 Å². The third-order valence-electron chi connectivity index (χ3n) is 2.33. The van der Waals surface area contributed by atoms with Gasteiger partial charge in [0, 0.05) is 0 Å². The first kappa shape index (κ1) is 12.2. The molecule has 0 aliphatic rings. The minimum atomic E-state index is -0.234. The van der Waals surface area contributed by atoms with Crippen molar-refractivity contribution >= 4 is 30.6 Å². The second-order valence-corrected chi connectivity index (χ2v) is 6.27. The first-order valence-electron chi connectivity index (χ1n) is 5.41. The Bertz CT molecular complexity index is 491. The number of ether oxygens (including phenoxy) is 1. The van der Waals surface area contributed by atoms with E-state index in [0.29, 0.717) is 0 Å². The van der Waals surface area contributed by atoms with E-state index < -0.39 is 0 Å². The molecule has 0 saturated carbocycles. The Morgan fingerprint density at radius 2 is 1.65 bits per heavy atom. The molecule has 1 nitrogen and oxygen atoms in total. The van der Waals surface area contributed by atoms with Crippen molar-refractivity contribution in [2.45, 2.75) is 0 Å². The molecule has 0 aliphatic carbocycles. The van der Waals surface area contributed by atoms with Gasteiger partial charge in [0.2, 0.25) is 0 Å². The minimum absolute atomic E-state index is 0.234. The second-order valence-electron chi connectivity index (χ2n) is 3.48. The van der Waals surface area contributed by atoms with Gasteiger partial charge in [-0.15, -0.1) is 0 Å². The Hall–Kier alpha value is -1.23. The third kappa shape index (κ3) is 3.63. The molecule has 0 N–H and O–H groups in total. The summed E-state index contributed by atoms with van der Waals surface area (Å²) in [7, 11) is 1.71. The summed E-state index contributed by atoms with van der Waals surface area (Å²) >= 11 is -0.234. The maximum absolute atomic E-state index is 5.31. The molecule has 17 heavy (non-hydrogen) atoms. The normalized spacial score (nSPS) is 10.6. The van der Waals surface area contributed by atoms with Gasteiger partial charge in [-0.25, -0.2) is 0 Å². The molecule has 0 heterocycles. The number of benzene rings is 2. The van der Waals surface area contributed by atoms with Gasteiger partial charge >= 0.3 is 112 Å². The van der Waals surface area contributed by atoms with Crippen LogP contribution in [0.5, 0.6) is 5.75 Å². The number of methoxy groups -OCH3 is 1. The van der Waals surface area contributed by atoms with Crippen LogP contribution in [0, 0.1) is 0 Å². The van der Waals surface area contributed by atoms with Gasteiger partial charge in [0.15, 0.2) is 0 Å². The summed E-state index contributed by atoms with van der Waals surface area (Å²) in [5.74, 6) is 0.935. The van der Waals surface area contributed by atoms with Gasteiger partial charge in [0.1, 0.15) is 0 Å². The third-order valence-corrected chi connectivity index (χ3v) is 4.66. The number of para-hydroxylation sites is 1. The molecule has 2 heteroatoms. The standard InChI is InChI=1S/C15H14OTe/c1-16-15-10-6-5-7-13(15)11-12-17-14-8-3-2-4-9-14/h2-12H,1H3/b12-11+. The van der Waals surface area contributed by atoms with Crippen LogP contribution in [-0.4, -0.2) is 28.0 Å². The predicted molar refractivity (Wildman–Crippen MR) is 73.9 cm³/mol. The molecule has 86 valence electrons. The van der Waals surface area contributed by atoms with Crippen LogP contribution in [0.4, 0.5) is 0 Å². The van der Waals surface area contributed by atoms with E-state index in [1.165, 1.54) is 3.61 Å². The predicted octanol–water partition coefficient (Wildman–Crippen LogP) is 2.70. The molecule has 0 saturated heterocycles. The van der Waals surface area contributed by atoms with Crippen molar-refractivity contribution in [3.05, 3.63) is 64.3 Å². The van der Waals surface area contributed by atoms with Crippen LogP contribution in [0.2, 0.25) is 0 Å². The number of hydrogen-bond acceptors (Lipinski definition) is 1. The maximum atomic E-state index is 5.31. The Morgan fingerprint density at radius 1 is 0.941 bits per heavy atom. The van der Waals surface area contributed by atoms with Gasteiger partial charge in [-0.1, -0.05) is 0 Å². The Kier molecular flexibility index (Phi) is 4.67. The van der Waals surface area contributed by atoms with Crippen molar-refractivity contribution < 1.29 is 4.74 Å². The molecule has 2 aromatic rings. The van der Waals surface area contributed by atoms with Crippen LogP contribution >= 0.6 is 0 Å². The zero-order chi connectivity index (χ0) is 11.9. The summed E-state index contributed by atoms with van der Waals surface area (Å²) in [5.41, 5.74) is 1.15. The van der Waals surface area contributed by atoms with Crippen LogP contribution in [0.3, 0.4) is 0 Å². The van der Waals surface area contributed by atoms with Crippen LogP contribution in [-0.2, 0) is 0 Å². The Balaban J connectivity index is 2.06. The van der Waals surface area contributed by atoms with Crippen LogP contribution in [0.25, 0.3) is 6.08 Å². The van der Waals surface area contributed by atoms with Crippen molar-refractivity contribution in [2.24, 2.45) is 0 Å². The molecular formula is C15H14OTe. The molecule has 0 unspecified atom stereocenters. The molecular weight excluding hydrogens is 324 g/mol. The molecule has 0 fully saturated rings. The van der Waals surface area contributed by atoms with E-state index in [9.17, 15) is 0 Å². The topological polar surface area (TPSA) is 9.23 Å². The Labute approximate surface area is 112 Å². The zero-order valence-corrected chi connectivity index (χ0v) is 12.0. The number of rotatable bonds is 4.